The number of nitrogens with one attached hydrogen (secondary N) is 3. The number of fused-ring (bicyclic) bond motifs is 4. The van der Waals surface area contributed by atoms with Crippen LogP contribution in [0.2, 0.25) is 0 Å². The molecule has 0 saturated carbocycles. The van der Waals surface area contributed by atoms with Crippen LogP contribution in [-0.4, -0.2) is 65.3 Å². The number of sulfonamides is 1. The molecule has 2 aromatic carbocycles. The van der Waals surface area contributed by atoms with Crippen LogP contribution in [0.1, 0.15) is 67.9 Å². The van der Waals surface area contributed by atoms with Crippen LogP contribution in [0.25, 0.3) is 0 Å². The van der Waals surface area contributed by atoms with E-state index in [1.807, 2.05) is 6.07 Å². The van der Waals surface area contributed by atoms with Gasteiger partial charge in [0.15, 0.2) is 0 Å². The number of hydrogen-bond acceptors (Lipinski definition) is 6. The molecular weight excluding hydrogens is 540 g/mol. The Morgan fingerprint density at radius 1 is 1.17 bits per heavy atom. The standard InChI is InChI=1S/C31H46N4O5S/c1-6-7-13-29(31(37)33-20-22(2)3)32-21-26-16-24-11-8-10-23(15-24)12-9-14-40-28-18-25(30(36)34-26)17-27(19-28)35(4)41(5,38)39/h8,10-11,15,17-19,22,26,29,32H,6-7,9,12-14,16,20-21H2,1-5H3,(H,33,37)(H,34,36)/t26-,29+/m1/s1. The van der Waals surface area contributed by atoms with E-state index in [-0.39, 0.29) is 23.9 Å². The van der Waals surface area contributed by atoms with Gasteiger partial charge in [0.1, 0.15) is 5.75 Å². The van der Waals surface area contributed by atoms with E-state index >= 15 is 0 Å². The smallest absolute Gasteiger partial charge is 0.251 e. The van der Waals surface area contributed by atoms with Crippen molar-refractivity contribution in [3.63, 3.8) is 0 Å². The number of aryl methyl sites for hydroxylation is 1. The number of unbranched alkanes of at least 4 members (excludes halogenated alkanes) is 1. The van der Waals surface area contributed by atoms with Gasteiger partial charge in [-0.2, -0.15) is 0 Å². The minimum atomic E-state index is -3.54. The summed E-state index contributed by atoms with van der Waals surface area (Å²) >= 11 is 0. The number of rotatable bonds is 11. The number of amides is 2. The first kappa shape index (κ1) is 32.4. The summed E-state index contributed by atoms with van der Waals surface area (Å²) in [6.45, 7) is 7.66. The predicted octanol–water partition coefficient (Wildman–Crippen LogP) is 3.67. The molecule has 0 spiro atoms. The van der Waals surface area contributed by atoms with Crippen molar-refractivity contribution >= 4 is 27.5 Å². The highest BCUT2D eigenvalue weighted by molar-refractivity contribution is 7.92. The molecule has 1 aliphatic rings. The molecule has 1 heterocycles. The van der Waals surface area contributed by atoms with Crippen LogP contribution >= 0.6 is 0 Å². The molecule has 41 heavy (non-hydrogen) atoms. The highest BCUT2D eigenvalue weighted by atomic mass is 32.2. The maximum absolute atomic E-state index is 13.6. The molecule has 2 aromatic rings. The van der Waals surface area contributed by atoms with Crippen molar-refractivity contribution in [1.82, 2.24) is 16.0 Å². The Morgan fingerprint density at radius 3 is 2.63 bits per heavy atom. The summed E-state index contributed by atoms with van der Waals surface area (Å²) in [5.74, 6) is 0.418. The molecule has 3 N–H and O–H groups in total. The number of carbonyl (C=O) groups is 2. The molecular formula is C31H46N4O5S. The molecule has 0 aromatic heterocycles. The van der Waals surface area contributed by atoms with Crippen molar-refractivity contribution < 1.29 is 22.7 Å². The van der Waals surface area contributed by atoms with Crippen LogP contribution in [0.4, 0.5) is 5.69 Å². The average Bonchev–Trinajstić information content (AvgIpc) is 2.92. The Kier molecular flexibility index (Phi) is 12.0. The molecule has 0 radical (unpaired) electrons. The molecule has 3 rings (SSSR count). The number of benzene rings is 2. The predicted molar refractivity (Wildman–Crippen MR) is 164 cm³/mol. The van der Waals surface area contributed by atoms with E-state index in [0.717, 1.165) is 41.8 Å². The molecule has 0 aliphatic carbocycles. The second kappa shape index (κ2) is 15.2. The van der Waals surface area contributed by atoms with Crippen LogP contribution in [0.5, 0.6) is 5.75 Å². The third-order valence-electron chi connectivity index (χ3n) is 7.16. The van der Waals surface area contributed by atoms with Crippen LogP contribution in [0.3, 0.4) is 0 Å². The second-order valence-corrected chi connectivity index (χ2v) is 13.3. The number of carbonyl (C=O) groups excluding carboxylic acids is 2. The van der Waals surface area contributed by atoms with E-state index in [9.17, 15) is 18.0 Å². The first-order valence-corrected chi connectivity index (χ1v) is 16.4. The van der Waals surface area contributed by atoms with E-state index in [0.29, 0.717) is 55.5 Å². The van der Waals surface area contributed by atoms with Gasteiger partial charge in [0, 0.05) is 37.8 Å². The fraction of sp³-hybridized carbons (Fsp3) is 0.548. The lowest BCUT2D eigenvalue weighted by atomic mass is 10.00. The fourth-order valence-corrected chi connectivity index (χ4v) is 5.21. The number of hydrogen-bond donors (Lipinski definition) is 3. The first-order valence-electron chi connectivity index (χ1n) is 14.6. The summed E-state index contributed by atoms with van der Waals surface area (Å²) in [7, 11) is -2.09. The van der Waals surface area contributed by atoms with Crippen molar-refractivity contribution in [2.24, 2.45) is 5.92 Å². The molecule has 2 amide bonds. The maximum Gasteiger partial charge on any atom is 0.251 e. The zero-order chi connectivity index (χ0) is 30.0. The SMILES string of the molecule is CCCC[C@H](NC[C@H]1Cc2cccc(c2)CCCOc2cc(cc(N(C)S(C)(=O)=O)c2)C(=O)N1)C(=O)NCC(C)C. The van der Waals surface area contributed by atoms with Crippen molar-refractivity contribution in [2.75, 3.05) is 37.3 Å². The highest BCUT2D eigenvalue weighted by Crippen LogP contribution is 2.26. The van der Waals surface area contributed by atoms with Crippen molar-refractivity contribution in [2.45, 2.75) is 71.4 Å². The quantitative estimate of drug-likeness (QED) is 0.370. The van der Waals surface area contributed by atoms with Crippen LogP contribution in [0, 0.1) is 5.92 Å². The highest BCUT2D eigenvalue weighted by Gasteiger charge is 2.23. The lowest BCUT2D eigenvalue weighted by Gasteiger charge is -2.25. The molecule has 0 saturated heterocycles. The Labute approximate surface area is 245 Å². The van der Waals surface area contributed by atoms with E-state index < -0.39 is 10.0 Å². The molecule has 0 unspecified atom stereocenters. The van der Waals surface area contributed by atoms with E-state index in [1.165, 1.54) is 12.6 Å². The minimum Gasteiger partial charge on any atom is -0.493 e. The maximum atomic E-state index is 13.6. The van der Waals surface area contributed by atoms with Crippen molar-refractivity contribution in [3.05, 3.63) is 59.2 Å². The Morgan fingerprint density at radius 2 is 1.93 bits per heavy atom. The molecule has 10 heteroatoms. The van der Waals surface area contributed by atoms with Gasteiger partial charge in [-0.3, -0.25) is 13.9 Å². The summed E-state index contributed by atoms with van der Waals surface area (Å²) in [6.07, 6.45) is 5.89. The van der Waals surface area contributed by atoms with Gasteiger partial charge in [-0.25, -0.2) is 8.42 Å². The fourth-order valence-electron chi connectivity index (χ4n) is 4.72. The van der Waals surface area contributed by atoms with Gasteiger partial charge in [-0.05, 0) is 54.9 Å². The Bertz CT molecular complexity index is 1280. The summed E-state index contributed by atoms with van der Waals surface area (Å²) < 4.78 is 31.6. The molecule has 1 aliphatic heterocycles. The topological polar surface area (TPSA) is 117 Å². The lowest BCUT2D eigenvalue weighted by Crippen LogP contribution is -2.51. The van der Waals surface area contributed by atoms with E-state index in [1.54, 1.807) is 18.2 Å². The van der Waals surface area contributed by atoms with Crippen LogP contribution in [-0.2, 0) is 27.7 Å². The van der Waals surface area contributed by atoms with Gasteiger partial charge in [-0.1, -0.05) is 57.9 Å². The van der Waals surface area contributed by atoms with Gasteiger partial charge >= 0.3 is 0 Å². The van der Waals surface area contributed by atoms with Crippen LogP contribution < -0.4 is 25.0 Å². The van der Waals surface area contributed by atoms with Crippen LogP contribution in [0.15, 0.2) is 42.5 Å². The van der Waals surface area contributed by atoms with Crippen molar-refractivity contribution in [1.29, 1.82) is 0 Å². The minimum absolute atomic E-state index is 0.0281. The summed E-state index contributed by atoms with van der Waals surface area (Å²) in [5.41, 5.74) is 2.93. The normalized spacial score (nSPS) is 16.7. The molecule has 4 bridgehead atoms. The van der Waals surface area contributed by atoms with Gasteiger partial charge in [0.25, 0.3) is 5.91 Å². The molecule has 0 fully saturated rings. The Hall–Kier alpha value is -3.11. The largest absolute Gasteiger partial charge is 0.493 e. The average molecular weight is 587 g/mol. The number of anilines is 1. The zero-order valence-corrected chi connectivity index (χ0v) is 25.9. The van der Waals surface area contributed by atoms with E-state index in [2.05, 4.69) is 54.9 Å². The number of nitrogens with zero attached hydrogens (tertiary/aromatic N) is 1. The summed E-state index contributed by atoms with van der Waals surface area (Å²) in [4.78, 5) is 26.6. The van der Waals surface area contributed by atoms with Gasteiger partial charge < -0.3 is 20.7 Å². The third kappa shape index (κ3) is 10.3. The van der Waals surface area contributed by atoms with Gasteiger partial charge in [0.05, 0.1) is 24.6 Å². The first-order chi connectivity index (χ1) is 19.5. The molecule has 2 atom stereocenters. The lowest BCUT2D eigenvalue weighted by molar-refractivity contribution is -0.123. The van der Waals surface area contributed by atoms with E-state index in [4.69, 9.17) is 4.74 Å². The Balaban J connectivity index is 1.90. The summed E-state index contributed by atoms with van der Waals surface area (Å²) in [6, 6.07) is 12.5. The number of ether oxygens (including phenoxy) is 1. The van der Waals surface area contributed by atoms with Gasteiger partial charge in [0.2, 0.25) is 15.9 Å². The third-order valence-corrected chi connectivity index (χ3v) is 8.37. The summed E-state index contributed by atoms with van der Waals surface area (Å²) in [5, 5.41) is 9.60. The van der Waals surface area contributed by atoms with Crippen molar-refractivity contribution in [3.8, 4) is 5.75 Å². The zero-order valence-electron chi connectivity index (χ0n) is 25.0. The molecule has 226 valence electrons. The second-order valence-electron chi connectivity index (χ2n) is 11.3. The molecule has 9 nitrogen and oxygen atoms in total. The monoisotopic (exact) mass is 586 g/mol. The van der Waals surface area contributed by atoms with Gasteiger partial charge in [-0.15, -0.1) is 0 Å².